The van der Waals surface area contributed by atoms with Gasteiger partial charge in [0.1, 0.15) is 11.0 Å². The molecular weight excluding hydrogens is 268 g/mol. The van der Waals surface area contributed by atoms with Gasteiger partial charge in [0.2, 0.25) is 0 Å². The molecule has 0 bridgehead atoms. The first kappa shape index (κ1) is 12.9. The van der Waals surface area contributed by atoms with Crippen LogP contribution >= 0.6 is 23.4 Å². The van der Waals surface area contributed by atoms with E-state index in [1.54, 1.807) is 24.3 Å². The fourth-order valence-corrected chi connectivity index (χ4v) is 2.25. The van der Waals surface area contributed by atoms with Gasteiger partial charge in [0, 0.05) is 4.90 Å². The quantitative estimate of drug-likeness (QED) is 0.687. The molecule has 1 amide bonds. The van der Waals surface area contributed by atoms with Crippen LogP contribution in [-0.4, -0.2) is 17.1 Å². The van der Waals surface area contributed by atoms with Gasteiger partial charge in [-0.2, -0.15) is 0 Å². The zero-order chi connectivity index (χ0) is 13.0. The van der Waals surface area contributed by atoms with E-state index < -0.39 is 0 Å². The van der Waals surface area contributed by atoms with Gasteiger partial charge >= 0.3 is 0 Å². The Morgan fingerprint density at radius 3 is 2.72 bits per heavy atom. The summed E-state index contributed by atoms with van der Waals surface area (Å²) >= 11 is 7.30. The lowest BCUT2D eigenvalue weighted by Crippen LogP contribution is -2.13. The van der Waals surface area contributed by atoms with Gasteiger partial charge in [0.25, 0.3) is 5.91 Å². The molecule has 1 aromatic heterocycles. The van der Waals surface area contributed by atoms with Crippen LogP contribution in [0.4, 0.5) is 5.82 Å². The van der Waals surface area contributed by atoms with Crippen LogP contribution in [0, 0.1) is 0 Å². The van der Waals surface area contributed by atoms with Gasteiger partial charge < -0.3 is 5.32 Å². The van der Waals surface area contributed by atoms with Crippen molar-refractivity contribution >= 4 is 35.1 Å². The van der Waals surface area contributed by atoms with E-state index in [9.17, 15) is 4.79 Å². The van der Waals surface area contributed by atoms with Gasteiger partial charge in [0.15, 0.2) is 0 Å². The molecule has 0 atom stereocenters. The van der Waals surface area contributed by atoms with Crippen molar-refractivity contribution in [3.05, 3.63) is 53.2 Å². The Kier molecular flexibility index (Phi) is 4.23. The van der Waals surface area contributed by atoms with Crippen molar-refractivity contribution in [2.24, 2.45) is 0 Å². The van der Waals surface area contributed by atoms with E-state index in [0.29, 0.717) is 16.5 Å². The molecule has 18 heavy (non-hydrogen) atoms. The Morgan fingerprint density at radius 1 is 1.22 bits per heavy atom. The third-order valence-corrected chi connectivity index (χ3v) is 3.31. The molecule has 1 heterocycles. The minimum atomic E-state index is -0.185. The number of thioether (sulfide) groups is 1. The topological polar surface area (TPSA) is 42.0 Å². The van der Waals surface area contributed by atoms with Crippen molar-refractivity contribution in [1.82, 2.24) is 4.98 Å². The summed E-state index contributed by atoms with van der Waals surface area (Å²) in [5, 5.41) is 3.08. The molecule has 0 saturated heterocycles. The van der Waals surface area contributed by atoms with Crippen LogP contribution in [0.2, 0.25) is 5.15 Å². The van der Waals surface area contributed by atoms with E-state index in [2.05, 4.69) is 10.3 Å². The zero-order valence-corrected chi connectivity index (χ0v) is 11.3. The number of halogens is 1. The number of nitrogens with zero attached hydrogens (tertiary/aromatic N) is 1. The molecule has 92 valence electrons. The average molecular weight is 279 g/mol. The van der Waals surface area contributed by atoms with Crippen molar-refractivity contribution in [2.45, 2.75) is 4.90 Å². The summed E-state index contributed by atoms with van der Waals surface area (Å²) in [4.78, 5) is 17.0. The SMILES string of the molecule is CSc1ccccc1C(=O)Nc1cccc(Cl)n1. The third kappa shape index (κ3) is 3.03. The lowest BCUT2D eigenvalue weighted by atomic mass is 10.2. The fourth-order valence-electron chi connectivity index (χ4n) is 1.49. The molecule has 1 N–H and O–H groups in total. The number of hydrogen-bond donors (Lipinski definition) is 1. The molecule has 1 aromatic carbocycles. The van der Waals surface area contributed by atoms with Crippen molar-refractivity contribution in [2.75, 3.05) is 11.6 Å². The van der Waals surface area contributed by atoms with Gasteiger partial charge in [0.05, 0.1) is 5.56 Å². The van der Waals surface area contributed by atoms with Crippen LogP contribution in [0.1, 0.15) is 10.4 Å². The van der Waals surface area contributed by atoms with Crippen molar-refractivity contribution in [1.29, 1.82) is 0 Å². The number of nitrogens with one attached hydrogen (secondary N) is 1. The highest BCUT2D eigenvalue weighted by Crippen LogP contribution is 2.21. The van der Waals surface area contributed by atoms with Crippen LogP contribution in [0.5, 0.6) is 0 Å². The Bertz CT molecular complexity index is 574. The molecule has 0 spiro atoms. The summed E-state index contributed by atoms with van der Waals surface area (Å²) in [7, 11) is 0. The number of pyridine rings is 1. The second-order valence-corrected chi connectivity index (χ2v) is 4.74. The second-order valence-electron chi connectivity index (χ2n) is 3.50. The summed E-state index contributed by atoms with van der Waals surface area (Å²) < 4.78 is 0. The predicted octanol–water partition coefficient (Wildman–Crippen LogP) is 3.71. The Hall–Kier alpha value is -1.52. The van der Waals surface area contributed by atoms with Crippen LogP contribution in [0.15, 0.2) is 47.4 Å². The fraction of sp³-hybridized carbons (Fsp3) is 0.0769. The molecule has 0 unspecified atom stereocenters. The molecule has 3 nitrogen and oxygen atoms in total. The highest BCUT2D eigenvalue weighted by molar-refractivity contribution is 7.98. The monoisotopic (exact) mass is 278 g/mol. The first-order chi connectivity index (χ1) is 8.70. The highest BCUT2D eigenvalue weighted by atomic mass is 35.5. The molecule has 2 rings (SSSR count). The molecule has 0 aliphatic carbocycles. The Labute approximate surface area is 115 Å². The van der Waals surface area contributed by atoms with Gasteiger partial charge in [-0.25, -0.2) is 4.98 Å². The van der Waals surface area contributed by atoms with Crippen LogP contribution in [0.3, 0.4) is 0 Å². The summed E-state index contributed by atoms with van der Waals surface area (Å²) in [6.07, 6.45) is 1.93. The standard InChI is InChI=1S/C13H11ClN2OS/c1-18-10-6-3-2-5-9(10)13(17)16-12-8-4-7-11(14)15-12/h2-8H,1H3,(H,15,16,17). The predicted molar refractivity (Wildman–Crippen MR) is 75.4 cm³/mol. The minimum Gasteiger partial charge on any atom is -0.306 e. The summed E-state index contributed by atoms with van der Waals surface area (Å²) in [5.74, 6) is 0.262. The zero-order valence-electron chi connectivity index (χ0n) is 9.68. The number of hydrogen-bond acceptors (Lipinski definition) is 3. The highest BCUT2D eigenvalue weighted by Gasteiger charge is 2.10. The molecule has 0 aliphatic heterocycles. The maximum atomic E-state index is 12.1. The van der Waals surface area contributed by atoms with E-state index >= 15 is 0 Å². The molecule has 0 aliphatic rings. The van der Waals surface area contributed by atoms with E-state index in [4.69, 9.17) is 11.6 Å². The lowest BCUT2D eigenvalue weighted by Gasteiger charge is -2.07. The normalized spacial score (nSPS) is 10.1. The van der Waals surface area contributed by atoms with Gasteiger partial charge in [-0.1, -0.05) is 29.8 Å². The summed E-state index contributed by atoms with van der Waals surface area (Å²) in [5.41, 5.74) is 0.631. The number of rotatable bonds is 3. The Balaban J connectivity index is 2.22. The van der Waals surface area contributed by atoms with Gasteiger partial charge in [-0.3, -0.25) is 4.79 Å². The molecule has 5 heteroatoms. The maximum absolute atomic E-state index is 12.1. The smallest absolute Gasteiger partial charge is 0.257 e. The van der Waals surface area contributed by atoms with Crippen LogP contribution in [0.25, 0.3) is 0 Å². The number of anilines is 1. The number of carbonyl (C=O) groups excluding carboxylic acids is 1. The van der Waals surface area contributed by atoms with E-state index in [1.165, 1.54) is 11.8 Å². The van der Waals surface area contributed by atoms with E-state index in [-0.39, 0.29) is 5.91 Å². The molecule has 0 saturated carbocycles. The van der Waals surface area contributed by atoms with Crippen LogP contribution < -0.4 is 5.32 Å². The second kappa shape index (κ2) is 5.89. The van der Waals surface area contributed by atoms with E-state index in [1.807, 2.05) is 24.5 Å². The molecule has 0 radical (unpaired) electrons. The van der Waals surface area contributed by atoms with Crippen molar-refractivity contribution < 1.29 is 4.79 Å². The largest absolute Gasteiger partial charge is 0.306 e. The number of amides is 1. The first-order valence-electron chi connectivity index (χ1n) is 5.27. The number of benzene rings is 1. The van der Waals surface area contributed by atoms with Crippen molar-refractivity contribution in [3.8, 4) is 0 Å². The number of aromatic nitrogens is 1. The summed E-state index contributed by atoms with van der Waals surface area (Å²) in [6.45, 7) is 0. The Morgan fingerprint density at radius 2 is 2.00 bits per heavy atom. The average Bonchev–Trinajstić information content (AvgIpc) is 2.38. The number of carbonyl (C=O) groups is 1. The van der Waals surface area contributed by atoms with Gasteiger partial charge in [-0.15, -0.1) is 11.8 Å². The van der Waals surface area contributed by atoms with Crippen LogP contribution in [-0.2, 0) is 0 Å². The third-order valence-electron chi connectivity index (χ3n) is 2.31. The molecule has 0 fully saturated rings. The van der Waals surface area contributed by atoms with E-state index in [0.717, 1.165) is 4.90 Å². The lowest BCUT2D eigenvalue weighted by molar-refractivity contribution is 0.102. The minimum absolute atomic E-state index is 0.185. The van der Waals surface area contributed by atoms with Crippen molar-refractivity contribution in [3.63, 3.8) is 0 Å². The summed E-state index contributed by atoms with van der Waals surface area (Å²) in [6, 6.07) is 12.5. The molecule has 2 aromatic rings. The van der Waals surface area contributed by atoms with Gasteiger partial charge in [-0.05, 0) is 30.5 Å². The molecular formula is C13H11ClN2OS. The first-order valence-corrected chi connectivity index (χ1v) is 6.88. The maximum Gasteiger partial charge on any atom is 0.257 e.